The van der Waals surface area contributed by atoms with Gasteiger partial charge in [-0.3, -0.25) is 18.6 Å². The second-order valence-corrected chi connectivity index (χ2v) is 18.2. The molecule has 10 heteroatoms. The molecule has 0 aliphatic carbocycles. The molecule has 0 bridgehead atoms. The van der Waals surface area contributed by atoms with Crippen LogP contribution in [0.15, 0.2) is 36.5 Å². The molecule has 0 fully saturated rings. The Labute approximate surface area is 351 Å². The predicted octanol–water partition coefficient (Wildman–Crippen LogP) is 13.3. The molecule has 0 radical (unpaired) electrons. The van der Waals surface area contributed by atoms with E-state index in [0.717, 1.165) is 51.4 Å². The lowest BCUT2D eigenvalue weighted by Gasteiger charge is -2.24. The van der Waals surface area contributed by atoms with Gasteiger partial charge in [0.1, 0.15) is 19.8 Å². The first kappa shape index (κ1) is 55.2. The Balaban J connectivity index is 4.36. The van der Waals surface area contributed by atoms with Crippen molar-refractivity contribution in [1.29, 1.82) is 0 Å². The van der Waals surface area contributed by atoms with Crippen LogP contribution in [0.5, 0.6) is 0 Å². The van der Waals surface area contributed by atoms with Crippen LogP contribution in [0.1, 0.15) is 200 Å². The molecule has 334 valence electrons. The SMILES string of the molecule is CCCCC/C=C/C/C=C/C/C=C/CCCCCCC(=O)OC[C@H](COP(=O)(O)OCC[N+](C)(C)C)OC(=O)CCCCCCCCCCCCCCCCCC. The zero-order valence-corrected chi connectivity index (χ0v) is 38.5. The van der Waals surface area contributed by atoms with Gasteiger partial charge in [-0.2, -0.15) is 0 Å². The predicted molar refractivity (Wildman–Crippen MR) is 238 cm³/mol. The molecular weight excluding hydrogens is 737 g/mol. The summed E-state index contributed by atoms with van der Waals surface area (Å²) in [5.74, 6) is -0.818. The quantitative estimate of drug-likeness (QED) is 0.0213. The first-order chi connectivity index (χ1) is 27.5. The van der Waals surface area contributed by atoms with Crippen molar-refractivity contribution < 1.29 is 42.1 Å². The minimum atomic E-state index is -4.38. The number of phosphoric acid groups is 1. The maximum atomic E-state index is 12.7. The van der Waals surface area contributed by atoms with Gasteiger partial charge in [-0.15, -0.1) is 0 Å². The van der Waals surface area contributed by atoms with Gasteiger partial charge in [0.2, 0.25) is 0 Å². The lowest BCUT2D eigenvalue weighted by atomic mass is 10.0. The summed E-state index contributed by atoms with van der Waals surface area (Å²) in [4.78, 5) is 35.4. The summed E-state index contributed by atoms with van der Waals surface area (Å²) in [5, 5.41) is 0. The number of likely N-dealkylation sites (N-methyl/N-ethyl adjacent to an activating group) is 1. The number of hydrogen-bond donors (Lipinski definition) is 1. The van der Waals surface area contributed by atoms with Crippen LogP contribution >= 0.6 is 7.82 Å². The van der Waals surface area contributed by atoms with Crippen LogP contribution in [0.3, 0.4) is 0 Å². The molecule has 2 atom stereocenters. The van der Waals surface area contributed by atoms with Gasteiger partial charge >= 0.3 is 19.8 Å². The molecule has 0 spiro atoms. The summed E-state index contributed by atoms with van der Waals surface area (Å²) in [6.45, 7) is 4.39. The van der Waals surface area contributed by atoms with E-state index in [4.69, 9.17) is 18.5 Å². The molecule has 0 heterocycles. The number of carbonyl (C=O) groups excluding carboxylic acids is 2. The minimum Gasteiger partial charge on any atom is -0.462 e. The largest absolute Gasteiger partial charge is 0.472 e. The minimum absolute atomic E-state index is 0.0287. The number of rotatable bonds is 42. The van der Waals surface area contributed by atoms with Gasteiger partial charge in [-0.1, -0.05) is 172 Å². The summed E-state index contributed by atoms with van der Waals surface area (Å²) < 4.78 is 34.3. The topological polar surface area (TPSA) is 108 Å². The Bertz CT molecular complexity index is 1070. The first-order valence-electron chi connectivity index (χ1n) is 23.2. The molecule has 0 aliphatic rings. The smallest absolute Gasteiger partial charge is 0.462 e. The monoisotopic (exact) mass is 827 g/mol. The maximum absolute atomic E-state index is 12.7. The highest BCUT2D eigenvalue weighted by Gasteiger charge is 2.27. The van der Waals surface area contributed by atoms with Crippen LogP contribution in [0.25, 0.3) is 0 Å². The standard InChI is InChI=1S/C47H88NO8P/c1-6-8-10-12-14-16-18-20-22-24-26-27-29-31-33-35-37-39-46(49)53-43-45(44-55-57(51,52)54-42-41-48(3,4)5)56-47(50)40-38-36-34-32-30-28-25-23-21-19-17-15-13-11-9-7-2/h14,16,20,22,26-27,45H,6-13,15,17-19,21,23-25,28-44H2,1-5H3/p+1/b16-14+,22-20+,27-26+/t45-/m1/s1. The Morgan fingerprint density at radius 2 is 0.947 bits per heavy atom. The molecule has 0 saturated heterocycles. The van der Waals surface area contributed by atoms with Gasteiger partial charge in [0.05, 0.1) is 27.7 Å². The number of esters is 2. The molecule has 1 N–H and O–H groups in total. The molecule has 0 aromatic heterocycles. The zero-order chi connectivity index (χ0) is 42.1. The molecule has 1 unspecified atom stereocenters. The van der Waals surface area contributed by atoms with Crippen molar-refractivity contribution in [2.75, 3.05) is 47.5 Å². The van der Waals surface area contributed by atoms with Crippen LogP contribution in [-0.4, -0.2) is 74.9 Å². The average Bonchev–Trinajstić information content (AvgIpc) is 3.16. The molecule has 57 heavy (non-hydrogen) atoms. The van der Waals surface area contributed by atoms with Crippen molar-refractivity contribution in [2.45, 2.75) is 206 Å². The van der Waals surface area contributed by atoms with Crippen LogP contribution in [0, 0.1) is 0 Å². The summed E-state index contributed by atoms with van der Waals surface area (Å²) >= 11 is 0. The van der Waals surface area contributed by atoms with E-state index in [0.29, 0.717) is 23.9 Å². The number of phosphoric ester groups is 1. The lowest BCUT2D eigenvalue weighted by Crippen LogP contribution is -2.37. The molecule has 9 nitrogen and oxygen atoms in total. The number of allylic oxidation sites excluding steroid dienone is 6. The van der Waals surface area contributed by atoms with E-state index < -0.39 is 26.5 Å². The first-order valence-corrected chi connectivity index (χ1v) is 24.7. The number of ether oxygens (including phenoxy) is 2. The van der Waals surface area contributed by atoms with E-state index in [9.17, 15) is 19.0 Å². The van der Waals surface area contributed by atoms with Gasteiger partial charge < -0.3 is 18.9 Å². The number of hydrogen-bond acceptors (Lipinski definition) is 7. The second-order valence-electron chi connectivity index (χ2n) is 16.8. The van der Waals surface area contributed by atoms with Crippen molar-refractivity contribution in [2.24, 2.45) is 0 Å². The average molecular weight is 827 g/mol. The van der Waals surface area contributed by atoms with Crippen molar-refractivity contribution in [3.63, 3.8) is 0 Å². The van der Waals surface area contributed by atoms with Gasteiger partial charge in [-0.05, 0) is 51.4 Å². The molecule has 0 amide bonds. The Hall–Kier alpha value is -1.77. The van der Waals surface area contributed by atoms with Crippen molar-refractivity contribution >= 4 is 19.8 Å². The van der Waals surface area contributed by atoms with E-state index >= 15 is 0 Å². The maximum Gasteiger partial charge on any atom is 0.472 e. The fraction of sp³-hybridized carbons (Fsp3) is 0.830. The van der Waals surface area contributed by atoms with Gasteiger partial charge in [0.15, 0.2) is 6.10 Å². The molecule has 0 rings (SSSR count). The number of nitrogens with zero attached hydrogens (tertiary/aromatic N) is 1. The summed E-state index contributed by atoms with van der Waals surface area (Å²) in [6, 6.07) is 0. The van der Waals surface area contributed by atoms with Gasteiger partial charge in [-0.25, -0.2) is 4.57 Å². The van der Waals surface area contributed by atoms with Crippen molar-refractivity contribution in [3.05, 3.63) is 36.5 Å². The number of carbonyl (C=O) groups is 2. The fourth-order valence-corrected chi connectivity index (χ4v) is 7.00. The molecule has 0 saturated carbocycles. The number of unbranched alkanes of at least 4 members (excludes halogenated alkanes) is 22. The summed E-state index contributed by atoms with van der Waals surface area (Å²) in [5.41, 5.74) is 0. The highest BCUT2D eigenvalue weighted by molar-refractivity contribution is 7.47. The molecule has 0 aromatic carbocycles. The Morgan fingerprint density at radius 3 is 1.44 bits per heavy atom. The van der Waals surface area contributed by atoms with Gasteiger partial charge in [0.25, 0.3) is 0 Å². The van der Waals surface area contributed by atoms with Crippen molar-refractivity contribution in [1.82, 2.24) is 0 Å². The van der Waals surface area contributed by atoms with Crippen LogP contribution in [0.2, 0.25) is 0 Å². The highest BCUT2D eigenvalue weighted by Crippen LogP contribution is 2.43. The molecular formula is C47H89NO8P+. The number of quaternary nitrogens is 1. The van der Waals surface area contributed by atoms with E-state index in [1.165, 1.54) is 109 Å². The van der Waals surface area contributed by atoms with Crippen molar-refractivity contribution in [3.8, 4) is 0 Å². The normalized spacial score (nSPS) is 13.9. The van der Waals surface area contributed by atoms with Crippen LogP contribution in [-0.2, 0) is 32.7 Å². The summed E-state index contributed by atoms with van der Waals surface area (Å²) in [6.07, 6.45) is 44.7. The second kappa shape index (κ2) is 39.7. The zero-order valence-electron chi connectivity index (χ0n) is 37.6. The third-order valence-electron chi connectivity index (χ3n) is 9.92. The molecule has 0 aromatic rings. The highest BCUT2D eigenvalue weighted by atomic mass is 31.2. The Morgan fingerprint density at radius 1 is 0.544 bits per heavy atom. The van der Waals surface area contributed by atoms with E-state index in [1.54, 1.807) is 0 Å². The Kier molecular flexibility index (Phi) is 38.4. The summed E-state index contributed by atoms with van der Waals surface area (Å²) in [7, 11) is 1.47. The van der Waals surface area contributed by atoms with E-state index in [1.807, 2.05) is 21.1 Å². The van der Waals surface area contributed by atoms with Crippen LogP contribution < -0.4 is 0 Å². The van der Waals surface area contributed by atoms with Crippen LogP contribution in [0.4, 0.5) is 0 Å². The van der Waals surface area contributed by atoms with E-state index in [2.05, 4.69) is 50.3 Å². The third-order valence-corrected chi connectivity index (χ3v) is 10.9. The lowest BCUT2D eigenvalue weighted by molar-refractivity contribution is -0.870. The molecule has 0 aliphatic heterocycles. The van der Waals surface area contributed by atoms with Gasteiger partial charge in [0, 0.05) is 12.8 Å². The third kappa shape index (κ3) is 43.6. The fourth-order valence-electron chi connectivity index (χ4n) is 6.26. The van der Waals surface area contributed by atoms with E-state index in [-0.39, 0.29) is 32.0 Å².